The third-order valence-corrected chi connectivity index (χ3v) is 6.84. The predicted molar refractivity (Wildman–Crippen MR) is 105 cm³/mol. The Bertz CT molecular complexity index is 465. The topological polar surface area (TPSA) is 9.72 Å². The van der Waals surface area contributed by atoms with Crippen molar-refractivity contribution in [2.75, 3.05) is 58.6 Å². The number of piperidine rings is 1. The molecule has 0 N–H and O–H groups in total. The van der Waals surface area contributed by atoms with Gasteiger partial charge in [-0.3, -0.25) is 4.90 Å². The van der Waals surface area contributed by atoms with Crippen LogP contribution in [0.2, 0.25) is 0 Å². The monoisotopic (exact) mass is 347 g/mol. The van der Waals surface area contributed by atoms with Gasteiger partial charge < -0.3 is 9.80 Å². The van der Waals surface area contributed by atoms with Crippen molar-refractivity contribution in [1.29, 1.82) is 0 Å². The number of likely N-dealkylation sites (N-methyl/N-ethyl adjacent to an activating group) is 1. The molecule has 2 aliphatic rings. The van der Waals surface area contributed by atoms with Crippen molar-refractivity contribution in [2.45, 2.75) is 30.7 Å². The maximum atomic E-state index is 2.73. The van der Waals surface area contributed by atoms with Crippen molar-refractivity contribution in [3.8, 4) is 0 Å². The van der Waals surface area contributed by atoms with E-state index < -0.39 is 0 Å². The highest BCUT2D eigenvalue weighted by atomic mass is 32.2. The Balaban J connectivity index is 1.35. The molecule has 24 heavy (non-hydrogen) atoms. The summed E-state index contributed by atoms with van der Waals surface area (Å²) >= 11 is 1.99. The number of hydrogen-bond donors (Lipinski definition) is 0. The van der Waals surface area contributed by atoms with E-state index in [4.69, 9.17) is 0 Å². The molecule has 0 aromatic heterocycles. The van der Waals surface area contributed by atoms with E-state index in [0.717, 1.165) is 12.0 Å². The zero-order valence-electron chi connectivity index (χ0n) is 15.4. The van der Waals surface area contributed by atoms with Gasteiger partial charge in [0.15, 0.2) is 0 Å². The van der Waals surface area contributed by atoms with Crippen LogP contribution < -0.4 is 0 Å². The third-order valence-electron chi connectivity index (χ3n) is 5.85. The minimum Gasteiger partial charge on any atom is -0.304 e. The minimum atomic E-state index is 0.763. The fourth-order valence-electron chi connectivity index (χ4n) is 4.00. The van der Waals surface area contributed by atoms with E-state index in [2.05, 4.69) is 59.0 Å². The number of hydrogen-bond acceptors (Lipinski definition) is 4. The molecule has 0 unspecified atom stereocenters. The summed E-state index contributed by atoms with van der Waals surface area (Å²) in [5.74, 6) is 2.11. The van der Waals surface area contributed by atoms with Crippen LogP contribution in [0.1, 0.15) is 19.8 Å². The first-order chi connectivity index (χ1) is 11.7. The van der Waals surface area contributed by atoms with Gasteiger partial charge >= 0.3 is 0 Å². The van der Waals surface area contributed by atoms with Gasteiger partial charge in [0.2, 0.25) is 0 Å². The van der Waals surface area contributed by atoms with Crippen LogP contribution in [0, 0.1) is 5.92 Å². The molecule has 0 radical (unpaired) electrons. The SMILES string of the molecule is C[C@H](C1CCN(CCSc2ccccc2)CC1)N1CCN(C)CC1. The molecule has 0 aliphatic carbocycles. The highest BCUT2D eigenvalue weighted by Gasteiger charge is 2.28. The quantitative estimate of drug-likeness (QED) is 0.731. The van der Waals surface area contributed by atoms with Crippen LogP contribution >= 0.6 is 11.8 Å². The molecular weight excluding hydrogens is 314 g/mol. The molecule has 134 valence electrons. The lowest BCUT2D eigenvalue weighted by Crippen LogP contribution is -2.51. The second-order valence-electron chi connectivity index (χ2n) is 7.42. The largest absolute Gasteiger partial charge is 0.304 e. The van der Waals surface area contributed by atoms with Crippen LogP contribution in [0.15, 0.2) is 35.2 Å². The molecule has 1 aromatic carbocycles. The molecule has 1 aromatic rings. The third kappa shape index (κ3) is 5.22. The van der Waals surface area contributed by atoms with Gasteiger partial charge in [-0.2, -0.15) is 0 Å². The van der Waals surface area contributed by atoms with E-state index in [-0.39, 0.29) is 0 Å². The number of thioether (sulfide) groups is 1. The molecular formula is C20H33N3S. The molecule has 0 saturated carbocycles. The lowest BCUT2D eigenvalue weighted by atomic mass is 9.89. The Hall–Kier alpha value is -0.550. The minimum absolute atomic E-state index is 0.763. The van der Waals surface area contributed by atoms with Crippen LogP contribution in [0.4, 0.5) is 0 Å². The summed E-state index contributed by atoms with van der Waals surface area (Å²) < 4.78 is 0. The second-order valence-corrected chi connectivity index (χ2v) is 8.59. The molecule has 3 nitrogen and oxygen atoms in total. The second kappa shape index (κ2) is 9.23. The van der Waals surface area contributed by atoms with Crippen LogP contribution in [0.5, 0.6) is 0 Å². The average Bonchev–Trinajstić information content (AvgIpc) is 2.63. The highest BCUT2D eigenvalue weighted by Crippen LogP contribution is 2.25. The van der Waals surface area contributed by atoms with E-state index in [1.165, 1.54) is 69.3 Å². The molecule has 4 heteroatoms. The molecule has 3 rings (SSSR count). The summed E-state index contributed by atoms with van der Waals surface area (Å²) in [4.78, 5) is 9.25. The maximum Gasteiger partial charge on any atom is 0.0113 e. The van der Waals surface area contributed by atoms with Crippen molar-refractivity contribution in [3.63, 3.8) is 0 Å². The molecule has 2 fully saturated rings. The molecule has 2 saturated heterocycles. The smallest absolute Gasteiger partial charge is 0.0113 e. The van der Waals surface area contributed by atoms with Crippen LogP contribution in [-0.4, -0.2) is 79.4 Å². The normalized spacial score (nSPS) is 23.4. The molecule has 2 heterocycles. The summed E-state index contributed by atoms with van der Waals surface area (Å²) in [6.45, 7) is 11.3. The lowest BCUT2D eigenvalue weighted by Gasteiger charge is -2.42. The fraction of sp³-hybridized carbons (Fsp3) is 0.700. The summed E-state index contributed by atoms with van der Waals surface area (Å²) in [5.41, 5.74) is 0. The van der Waals surface area contributed by atoms with Crippen molar-refractivity contribution in [3.05, 3.63) is 30.3 Å². The van der Waals surface area contributed by atoms with E-state index in [1.54, 1.807) is 0 Å². The highest BCUT2D eigenvalue weighted by molar-refractivity contribution is 7.99. The zero-order chi connectivity index (χ0) is 16.8. The number of piperazine rings is 1. The Morgan fingerprint density at radius 3 is 2.33 bits per heavy atom. The van der Waals surface area contributed by atoms with Gasteiger partial charge in [0.25, 0.3) is 0 Å². The molecule has 2 aliphatic heterocycles. The van der Waals surface area contributed by atoms with E-state index >= 15 is 0 Å². The van der Waals surface area contributed by atoms with Gasteiger partial charge in [-0.05, 0) is 58.0 Å². The lowest BCUT2D eigenvalue weighted by molar-refractivity contribution is 0.0625. The predicted octanol–water partition coefficient (Wildman–Crippen LogP) is 3.13. The zero-order valence-corrected chi connectivity index (χ0v) is 16.2. The maximum absolute atomic E-state index is 2.73. The Labute approximate surface area is 152 Å². The van der Waals surface area contributed by atoms with Crippen LogP contribution in [0.3, 0.4) is 0 Å². The van der Waals surface area contributed by atoms with Gasteiger partial charge in [-0.1, -0.05) is 18.2 Å². The summed E-state index contributed by atoms with van der Waals surface area (Å²) in [6.07, 6.45) is 2.76. The molecule has 0 spiro atoms. The Morgan fingerprint density at radius 1 is 1.00 bits per heavy atom. The van der Waals surface area contributed by atoms with Crippen molar-refractivity contribution in [2.24, 2.45) is 5.92 Å². The number of likely N-dealkylation sites (tertiary alicyclic amines) is 1. The molecule has 0 bridgehead atoms. The summed E-state index contributed by atoms with van der Waals surface area (Å²) in [7, 11) is 2.24. The molecule has 0 amide bonds. The number of rotatable bonds is 6. The molecule has 1 atom stereocenters. The summed E-state index contributed by atoms with van der Waals surface area (Å²) in [5, 5.41) is 0. The Morgan fingerprint density at radius 2 is 1.67 bits per heavy atom. The first-order valence-electron chi connectivity index (χ1n) is 9.55. The van der Waals surface area contributed by atoms with Crippen LogP contribution in [-0.2, 0) is 0 Å². The van der Waals surface area contributed by atoms with Gasteiger partial charge in [0.1, 0.15) is 0 Å². The fourth-order valence-corrected chi connectivity index (χ4v) is 4.93. The van der Waals surface area contributed by atoms with Gasteiger partial charge in [-0.25, -0.2) is 0 Å². The first kappa shape index (κ1) is 18.2. The van der Waals surface area contributed by atoms with Crippen LogP contribution in [0.25, 0.3) is 0 Å². The summed E-state index contributed by atoms with van der Waals surface area (Å²) in [6, 6.07) is 11.6. The number of nitrogens with zero attached hydrogens (tertiary/aromatic N) is 3. The van der Waals surface area contributed by atoms with E-state index in [9.17, 15) is 0 Å². The average molecular weight is 348 g/mol. The van der Waals surface area contributed by atoms with Crippen molar-refractivity contribution < 1.29 is 0 Å². The van der Waals surface area contributed by atoms with E-state index in [0.29, 0.717) is 0 Å². The first-order valence-corrected chi connectivity index (χ1v) is 10.5. The van der Waals surface area contributed by atoms with Crippen molar-refractivity contribution in [1.82, 2.24) is 14.7 Å². The number of benzene rings is 1. The van der Waals surface area contributed by atoms with Gasteiger partial charge in [0.05, 0.1) is 0 Å². The standard InChI is InChI=1S/C20H33N3S/c1-18(23-14-12-21(2)13-15-23)19-8-10-22(11-9-19)16-17-24-20-6-4-3-5-7-20/h3-7,18-19H,8-17H2,1-2H3/t18-/m1/s1. The van der Waals surface area contributed by atoms with Gasteiger partial charge in [-0.15, -0.1) is 11.8 Å². The van der Waals surface area contributed by atoms with E-state index in [1.807, 2.05) is 11.8 Å². The Kier molecular flexibility index (Phi) is 7.02. The van der Waals surface area contributed by atoms with Crippen molar-refractivity contribution >= 4 is 11.8 Å². The van der Waals surface area contributed by atoms with Gasteiger partial charge in [0, 0.05) is 49.4 Å².